The molecule has 1 fully saturated rings. The Morgan fingerprint density at radius 2 is 1.73 bits per heavy atom. The number of carbonyl (C=O) groups is 1. The molecule has 4 nitrogen and oxygen atoms in total. The number of pyridine rings is 1. The zero-order chi connectivity index (χ0) is 18.1. The fourth-order valence-corrected chi connectivity index (χ4v) is 3.63. The van der Waals surface area contributed by atoms with Gasteiger partial charge in [0.2, 0.25) is 0 Å². The van der Waals surface area contributed by atoms with Crippen LogP contribution >= 0.6 is 11.6 Å². The highest BCUT2D eigenvalue weighted by Gasteiger charge is 2.23. The summed E-state index contributed by atoms with van der Waals surface area (Å²) < 4.78 is 0. The fourth-order valence-electron chi connectivity index (χ4n) is 3.50. The quantitative estimate of drug-likeness (QED) is 0.684. The highest BCUT2D eigenvalue weighted by Crippen LogP contribution is 2.28. The van der Waals surface area contributed by atoms with Crippen molar-refractivity contribution in [3.05, 3.63) is 70.9 Å². The van der Waals surface area contributed by atoms with E-state index in [0.717, 1.165) is 18.6 Å². The van der Waals surface area contributed by atoms with E-state index in [-0.39, 0.29) is 5.91 Å². The van der Waals surface area contributed by atoms with Crippen molar-refractivity contribution >= 4 is 34.1 Å². The normalized spacial score (nSPS) is 14.7. The van der Waals surface area contributed by atoms with Gasteiger partial charge in [-0.15, -0.1) is 0 Å². The summed E-state index contributed by atoms with van der Waals surface area (Å²) in [5, 5.41) is 1.82. The largest absolute Gasteiger partial charge is 0.367 e. The van der Waals surface area contributed by atoms with Gasteiger partial charge < -0.3 is 9.80 Å². The van der Waals surface area contributed by atoms with Crippen molar-refractivity contribution < 1.29 is 4.79 Å². The van der Waals surface area contributed by atoms with Crippen LogP contribution in [-0.4, -0.2) is 42.0 Å². The number of piperazine rings is 1. The van der Waals surface area contributed by atoms with Gasteiger partial charge in [0.1, 0.15) is 0 Å². The van der Waals surface area contributed by atoms with Gasteiger partial charge in [0.25, 0.3) is 5.91 Å². The molecule has 2 aromatic carbocycles. The van der Waals surface area contributed by atoms with E-state index in [4.69, 9.17) is 11.6 Å². The Bertz CT molecular complexity index is 947. The van der Waals surface area contributed by atoms with Crippen LogP contribution in [-0.2, 0) is 0 Å². The Morgan fingerprint density at radius 3 is 2.46 bits per heavy atom. The number of nitrogens with zero attached hydrogens (tertiary/aromatic N) is 3. The molecule has 0 N–H and O–H groups in total. The summed E-state index contributed by atoms with van der Waals surface area (Å²) in [5.41, 5.74) is 4.11. The summed E-state index contributed by atoms with van der Waals surface area (Å²) in [6.45, 7) is 5.12. The first-order valence-electron chi connectivity index (χ1n) is 8.77. The molecule has 2 heterocycles. The van der Waals surface area contributed by atoms with Gasteiger partial charge in [0, 0.05) is 54.0 Å². The third-order valence-corrected chi connectivity index (χ3v) is 5.20. The van der Waals surface area contributed by atoms with Crippen LogP contribution in [0.4, 0.5) is 5.69 Å². The Labute approximate surface area is 158 Å². The Balaban J connectivity index is 1.51. The molecule has 132 valence electrons. The second-order valence-corrected chi connectivity index (χ2v) is 7.02. The maximum atomic E-state index is 12.7. The lowest BCUT2D eigenvalue weighted by Crippen LogP contribution is -2.48. The van der Waals surface area contributed by atoms with Gasteiger partial charge in [-0.3, -0.25) is 9.78 Å². The van der Waals surface area contributed by atoms with Gasteiger partial charge in [-0.25, -0.2) is 0 Å². The monoisotopic (exact) mass is 365 g/mol. The second-order valence-electron chi connectivity index (χ2n) is 6.59. The number of hydrogen-bond donors (Lipinski definition) is 0. The van der Waals surface area contributed by atoms with E-state index >= 15 is 0 Å². The number of aryl methyl sites for hydroxylation is 1. The summed E-state index contributed by atoms with van der Waals surface area (Å²) in [6.07, 6.45) is 1.84. The zero-order valence-electron chi connectivity index (χ0n) is 14.7. The van der Waals surface area contributed by atoms with Crippen LogP contribution in [0.5, 0.6) is 0 Å². The maximum Gasteiger partial charge on any atom is 0.253 e. The van der Waals surface area contributed by atoms with E-state index < -0.39 is 0 Å². The summed E-state index contributed by atoms with van der Waals surface area (Å²) in [6, 6.07) is 15.5. The molecule has 1 aromatic heterocycles. The van der Waals surface area contributed by atoms with Crippen LogP contribution in [0, 0.1) is 6.92 Å². The van der Waals surface area contributed by atoms with Crippen LogP contribution < -0.4 is 4.90 Å². The predicted octanol–water partition coefficient (Wildman–Crippen LogP) is 4.16. The number of carbonyl (C=O) groups excluding carboxylic acids is 1. The first-order chi connectivity index (χ1) is 12.6. The lowest BCUT2D eigenvalue weighted by Gasteiger charge is -2.36. The van der Waals surface area contributed by atoms with Gasteiger partial charge in [-0.05, 0) is 55.0 Å². The first kappa shape index (κ1) is 16.9. The van der Waals surface area contributed by atoms with Gasteiger partial charge in [-0.2, -0.15) is 0 Å². The highest BCUT2D eigenvalue weighted by atomic mass is 35.5. The molecule has 1 saturated heterocycles. The lowest BCUT2D eigenvalue weighted by molar-refractivity contribution is 0.0747. The molecule has 1 aliphatic heterocycles. The molecule has 5 heteroatoms. The van der Waals surface area contributed by atoms with E-state index in [1.165, 1.54) is 16.6 Å². The summed E-state index contributed by atoms with van der Waals surface area (Å²) >= 11 is 5.91. The molecule has 0 radical (unpaired) electrons. The third kappa shape index (κ3) is 3.13. The van der Waals surface area contributed by atoms with Gasteiger partial charge in [-0.1, -0.05) is 17.7 Å². The van der Waals surface area contributed by atoms with E-state index in [1.54, 1.807) is 24.3 Å². The molecule has 0 unspecified atom stereocenters. The van der Waals surface area contributed by atoms with E-state index in [9.17, 15) is 4.79 Å². The van der Waals surface area contributed by atoms with Crippen LogP contribution in [0.15, 0.2) is 54.7 Å². The predicted molar refractivity (Wildman–Crippen MR) is 106 cm³/mol. The number of hydrogen-bond acceptors (Lipinski definition) is 3. The number of amides is 1. The van der Waals surface area contributed by atoms with Crippen molar-refractivity contribution in [1.82, 2.24) is 9.88 Å². The van der Waals surface area contributed by atoms with Crippen molar-refractivity contribution in [1.29, 1.82) is 0 Å². The third-order valence-electron chi connectivity index (χ3n) is 4.95. The molecule has 0 aliphatic carbocycles. The zero-order valence-corrected chi connectivity index (χ0v) is 15.4. The molecular formula is C21H20ClN3O. The van der Waals surface area contributed by atoms with Crippen molar-refractivity contribution in [2.24, 2.45) is 0 Å². The smallest absolute Gasteiger partial charge is 0.253 e. The topological polar surface area (TPSA) is 36.4 Å². The van der Waals surface area contributed by atoms with Crippen LogP contribution in [0.2, 0.25) is 5.02 Å². The highest BCUT2D eigenvalue weighted by molar-refractivity contribution is 6.30. The maximum absolute atomic E-state index is 12.7. The SMILES string of the molecule is Cc1ccc(N2CCN(C(=O)c3ccc(Cl)cc3)CC2)c2cccnc12. The van der Waals surface area contributed by atoms with Gasteiger partial charge >= 0.3 is 0 Å². The standard InChI is InChI=1S/C21H20ClN3O/c1-15-4-9-19(18-3-2-10-23-20(15)18)24-11-13-25(14-12-24)21(26)16-5-7-17(22)8-6-16/h2-10H,11-14H2,1H3. The number of anilines is 1. The van der Waals surface area contributed by atoms with Crippen molar-refractivity contribution in [3.63, 3.8) is 0 Å². The van der Waals surface area contributed by atoms with Crippen LogP contribution in [0.3, 0.4) is 0 Å². The lowest BCUT2D eigenvalue weighted by atomic mass is 10.1. The number of rotatable bonds is 2. The molecule has 0 saturated carbocycles. The second kappa shape index (κ2) is 6.96. The van der Waals surface area contributed by atoms with E-state index in [1.807, 2.05) is 17.2 Å². The number of halogens is 1. The van der Waals surface area contributed by atoms with Crippen molar-refractivity contribution in [2.75, 3.05) is 31.1 Å². The summed E-state index contributed by atoms with van der Waals surface area (Å²) in [7, 11) is 0. The molecule has 26 heavy (non-hydrogen) atoms. The number of aromatic nitrogens is 1. The Hall–Kier alpha value is -2.59. The number of benzene rings is 2. The molecule has 4 rings (SSSR count). The minimum Gasteiger partial charge on any atom is -0.367 e. The molecule has 0 spiro atoms. The van der Waals surface area contributed by atoms with Gasteiger partial charge in [0.15, 0.2) is 0 Å². The van der Waals surface area contributed by atoms with Crippen molar-refractivity contribution in [2.45, 2.75) is 6.92 Å². The average molecular weight is 366 g/mol. The summed E-state index contributed by atoms with van der Waals surface area (Å²) in [4.78, 5) is 21.4. The van der Waals surface area contributed by atoms with E-state index in [0.29, 0.717) is 23.7 Å². The first-order valence-corrected chi connectivity index (χ1v) is 9.15. The van der Waals surface area contributed by atoms with Gasteiger partial charge in [0.05, 0.1) is 5.52 Å². The molecule has 1 aliphatic rings. The molecule has 1 amide bonds. The average Bonchev–Trinajstić information content (AvgIpc) is 2.69. The summed E-state index contributed by atoms with van der Waals surface area (Å²) in [5.74, 6) is 0.0664. The minimum absolute atomic E-state index is 0.0664. The Kier molecular flexibility index (Phi) is 4.51. The van der Waals surface area contributed by atoms with Crippen LogP contribution in [0.1, 0.15) is 15.9 Å². The molecule has 3 aromatic rings. The molecule has 0 bridgehead atoms. The van der Waals surface area contributed by atoms with Crippen LogP contribution in [0.25, 0.3) is 10.9 Å². The number of fused-ring (bicyclic) bond motifs is 1. The molecular weight excluding hydrogens is 346 g/mol. The Morgan fingerprint density at radius 1 is 1.00 bits per heavy atom. The minimum atomic E-state index is 0.0664. The van der Waals surface area contributed by atoms with Crippen molar-refractivity contribution in [3.8, 4) is 0 Å². The van der Waals surface area contributed by atoms with E-state index in [2.05, 4.69) is 35.0 Å². The fraction of sp³-hybridized carbons (Fsp3) is 0.238. The molecule has 0 atom stereocenters.